The Balaban J connectivity index is 0.000000110. The molecule has 1 fully saturated rings. The topological polar surface area (TPSA) is 35.2 Å². The Kier molecular flexibility index (Phi) is 18.3. The first kappa shape index (κ1) is 71.5. The van der Waals surface area contributed by atoms with Gasteiger partial charge in [-0.1, -0.05) is 218 Å². The number of nitrogens with zero attached hydrogens (tertiary/aromatic N) is 8. The Morgan fingerprint density at radius 1 is 0.256 bits per heavy atom. The second-order valence-corrected chi connectivity index (χ2v) is 35.1. The number of hydrogen-bond acceptors (Lipinski definition) is 0. The summed E-state index contributed by atoms with van der Waals surface area (Å²) in [5.41, 5.74) is 31.6. The van der Waals surface area contributed by atoms with Gasteiger partial charge in [0.15, 0.2) is 24.8 Å². The van der Waals surface area contributed by atoms with Gasteiger partial charge in [0, 0.05) is 149 Å². The minimum Gasteiger partial charge on any atom is -0.339 e. The number of pyridine rings is 4. The molecule has 8 heterocycles. The lowest BCUT2D eigenvalue weighted by Crippen LogP contribution is -2.30. The van der Waals surface area contributed by atoms with Gasteiger partial charge in [-0.15, -0.1) is 0 Å². The third-order valence-corrected chi connectivity index (χ3v) is 27.0. The van der Waals surface area contributed by atoms with Crippen LogP contribution in [0.3, 0.4) is 0 Å². The zero-order valence-corrected chi connectivity index (χ0v) is 73.6. The Hall–Kier alpha value is -14.1. The smallest absolute Gasteiger partial charge is 0.213 e. The van der Waals surface area contributed by atoms with E-state index in [4.69, 9.17) is 9.60 Å². The predicted molar refractivity (Wildman–Crippen MR) is 528 cm³/mol. The van der Waals surface area contributed by atoms with E-state index in [9.17, 15) is 0 Å². The quantitative estimate of drug-likeness (QED) is 0.143. The molecule has 0 spiro atoms. The molecule has 612 valence electrons. The van der Waals surface area contributed by atoms with E-state index in [0.717, 1.165) is 52.0 Å². The SMILES string of the molecule is Cc1ccccc1-c1cc2c3cc4ccc(-c5ccccc5)cc4cc3n(C)c2c[n+]1C.[2H]C([2H])([2H])c1ccc(-c2cc3c4cc5ccc(-c6ccccc6)cc5cc4n(C)c3c[n+]2C)c(C)c1.[2H]C([2H])([2H])c1ccc(-c2cc3c4cc5ccc(C)cc5cc4n(C)c3c[n+]2C)c(C)c1.[2H]C1(c2ccc3cc4c5cc(-c6ccccc6C)[n+](C)cc5n(C)c4cc3c2)CCCCC1. The van der Waals surface area contributed by atoms with E-state index < -0.39 is 19.6 Å². The lowest BCUT2D eigenvalue weighted by atomic mass is 9.83. The fourth-order valence-corrected chi connectivity index (χ4v) is 20.0. The molecule has 1 aliphatic carbocycles. The van der Waals surface area contributed by atoms with Crippen molar-refractivity contribution in [3.05, 3.63) is 360 Å². The van der Waals surface area contributed by atoms with Crippen molar-refractivity contribution in [3.63, 3.8) is 0 Å². The van der Waals surface area contributed by atoms with E-state index in [0.29, 0.717) is 11.1 Å². The molecule has 8 aromatic heterocycles. The minimum absolute atomic E-state index is 0.374. The van der Waals surface area contributed by atoms with Crippen LogP contribution in [0, 0.1) is 48.3 Å². The summed E-state index contributed by atoms with van der Waals surface area (Å²) in [6.07, 6.45) is 14.4. The number of rotatable bonds is 7. The van der Waals surface area contributed by atoms with Crippen molar-refractivity contribution in [1.82, 2.24) is 18.3 Å². The summed E-state index contributed by atoms with van der Waals surface area (Å²) in [7, 11) is 16.9. The molecule has 0 unspecified atom stereocenters. The standard InChI is InChI=1S/C31H27N2.C30H31N2.C30H25N2.C26H25N2/c1-20-10-13-26(21(2)14-20)29-18-28-27-16-24-12-11-23(22-8-6-5-7-9-22)15-25(24)17-30(27)33(4)31(28)19-32(29)3;2*1-20-9-7-8-12-25(20)28-18-27-26-16-23-14-13-22(21-10-5-4-6-11-21)15-24(23)17-29(26)32(3)30(27)19-31(28)2;1-16-7-9-21(18(3)10-16)24-14-23-22-12-19-8-6-17(2)11-20(19)13-25(22)28(5)26(23)15-27(24)4/h5-19H,1-4H3;7-9,12-19,21H,4-6,10-11H2,1-3H3;4-19H,1-3H3;6-15H,1-5H3/q4*+1/i1D3;21D;;1D3. The molecule has 0 saturated heterocycles. The van der Waals surface area contributed by atoms with Gasteiger partial charge in [0.2, 0.25) is 22.8 Å². The molecule has 0 N–H and O–H groups in total. The van der Waals surface area contributed by atoms with E-state index in [1.807, 2.05) is 46.1 Å². The highest BCUT2D eigenvalue weighted by Gasteiger charge is 2.26. The fourth-order valence-electron chi connectivity index (χ4n) is 20.0. The predicted octanol–water partition coefficient (Wildman–Crippen LogP) is 27.4. The number of benzene rings is 14. The second-order valence-electron chi connectivity index (χ2n) is 35.1. The van der Waals surface area contributed by atoms with Crippen LogP contribution in [0.15, 0.2) is 316 Å². The monoisotopic (exact) mass is 1630 g/mol. The van der Waals surface area contributed by atoms with Crippen molar-refractivity contribution in [2.24, 2.45) is 56.4 Å². The van der Waals surface area contributed by atoms with Crippen LogP contribution in [0.5, 0.6) is 0 Å². The summed E-state index contributed by atoms with van der Waals surface area (Å²) in [6.45, 7) is 6.25. The maximum Gasteiger partial charge on any atom is 0.213 e. The van der Waals surface area contributed by atoms with Crippen LogP contribution >= 0.6 is 0 Å². The Bertz CT molecular complexity index is 8450. The summed E-state index contributed by atoms with van der Waals surface area (Å²) < 4.78 is 73.3. The first-order valence-electron chi connectivity index (χ1n) is 47.2. The highest BCUT2D eigenvalue weighted by atomic mass is 15.0. The summed E-state index contributed by atoms with van der Waals surface area (Å²) in [5.74, 6) is -0.420. The van der Waals surface area contributed by atoms with Crippen LogP contribution < -0.4 is 18.3 Å². The van der Waals surface area contributed by atoms with Gasteiger partial charge in [0.25, 0.3) is 0 Å². The summed E-state index contributed by atoms with van der Waals surface area (Å²) in [4.78, 5) is 0. The molecule has 8 heteroatoms. The lowest BCUT2D eigenvalue weighted by molar-refractivity contribution is -0.659. The zero-order valence-electron chi connectivity index (χ0n) is 80.6. The van der Waals surface area contributed by atoms with E-state index in [1.54, 1.807) is 24.3 Å². The maximum absolute atomic E-state index is 9.07. The second kappa shape index (κ2) is 32.0. The Morgan fingerprint density at radius 2 is 0.568 bits per heavy atom. The first-order valence-corrected chi connectivity index (χ1v) is 43.7. The van der Waals surface area contributed by atoms with Crippen LogP contribution in [0.1, 0.15) is 92.1 Å². The van der Waals surface area contributed by atoms with Gasteiger partial charge in [-0.05, 0) is 245 Å². The van der Waals surface area contributed by atoms with Crippen molar-refractivity contribution in [3.8, 4) is 67.3 Å². The molecule has 8 nitrogen and oxygen atoms in total. The molecule has 22 aromatic rings. The molecule has 1 saturated carbocycles. The molecule has 125 heavy (non-hydrogen) atoms. The Morgan fingerprint density at radius 3 is 0.928 bits per heavy atom. The number of aromatic nitrogens is 8. The Labute approximate surface area is 742 Å². The normalized spacial score (nSPS) is 13.8. The van der Waals surface area contributed by atoms with Crippen molar-refractivity contribution in [2.75, 3.05) is 0 Å². The molecule has 1 aliphatic rings. The highest BCUT2D eigenvalue weighted by molar-refractivity contribution is 6.17. The van der Waals surface area contributed by atoms with E-state index >= 15 is 0 Å². The number of aryl methyl sites for hydroxylation is 15. The molecular weight excluding hydrogens is 1520 g/mol. The van der Waals surface area contributed by atoms with Crippen LogP contribution in [0.4, 0.5) is 0 Å². The summed E-state index contributed by atoms with van der Waals surface area (Å²) in [6, 6.07) is 104. The molecule has 0 aliphatic heterocycles. The van der Waals surface area contributed by atoms with Gasteiger partial charge in [-0.3, -0.25) is 0 Å². The van der Waals surface area contributed by atoms with Gasteiger partial charge >= 0.3 is 0 Å². The van der Waals surface area contributed by atoms with Gasteiger partial charge in [0.05, 0.1) is 0 Å². The fraction of sp³-hybridized carbons (Fsp3) is 0.179. The zero-order chi connectivity index (χ0) is 91.8. The summed E-state index contributed by atoms with van der Waals surface area (Å²) >= 11 is 0. The minimum atomic E-state index is -2.10. The van der Waals surface area contributed by atoms with Gasteiger partial charge in [0.1, 0.15) is 50.3 Å². The molecule has 0 atom stereocenters. The van der Waals surface area contributed by atoms with Gasteiger partial charge in [-0.2, -0.15) is 18.3 Å². The molecule has 0 amide bonds. The highest BCUT2D eigenvalue weighted by Crippen LogP contribution is 2.42. The molecular formula is C117H108N8+4. The van der Waals surface area contributed by atoms with Gasteiger partial charge in [-0.25, -0.2) is 0 Å². The van der Waals surface area contributed by atoms with Crippen LogP contribution in [-0.4, -0.2) is 18.3 Å². The third-order valence-electron chi connectivity index (χ3n) is 27.0. The average molecular weight is 1630 g/mol. The third kappa shape index (κ3) is 14.4. The van der Waals surface area contributed by atoms with E-state index in [-0.39, 0.29) is 0 Å². The van der Waals surface area contributed by atoms with Crippen molar-refractivity contribution < 1.29 is 27.9 Å². The van der Waals surface area contributed by atoms with Crippen molar-refractivity contribution in [2.45, 2.75) is 86.3 Å². The summed E-state index contributed by atoms with van der Waals surface area (Å²) in [5, 5.41) is 20.0. The van der Waals surface area contributed by atoms with Crippen LogP contribution in [0.2, 0.25) is 0 Å². The largest absolute Gasteiger partial charge is 0.339 e. The number of hydrogen-bond donors (Lipinski definition) is 0. The van der Waals surface area contributed by atoms with Crippen LogP contribution in [0.25, 0.3) is 198 Å². The van der Waals surface area contributed by atoms with E-state index in [2.05, 4.69) is 373 Å². The van der Waals surface area contributed by atoms with Crippen molar-refractivity contribution >= 4 is 130 Å². The van der Waals surface area contributed by atoms with Crippen LogP contribution in [-0.2, 0) is 56.4 Å². The molecule has 0 bridgehead atoms. The molecule has 14 aromatic carbocycles. The molecule has 23 rings (SSSR count). The van der Waals surface area contributed by atoms with Crippen molar-refractivity contribution in [1.29, 1.82) is 0 Å². The van der Waals surface area contributed by atoms with E-state index in [1.165, 1.54) is 211 Å². The maximum atomic E-state index is 9.07. The number of fused-ring (bicyclic) bond motifs is 16. The average Bonchev–Trinajstić information content (AvgIpc) is 1.60. The van der Waals surface area contributed by atoms with Gasteiger partial charge < -0.3 is 18.3 Å². The lowest BCUT2D eigenvalue weighted by Gasteiger charge is -2.22. The first-order chi connectivity index (χ1) is 63.4. The molecule has 0 radical (unpaired) electrons.